The lowest BCUT2D eigenvalue weighted by Crippen LogP contribution is -2.30. The minimum atomic E-state index is -0.375. The van der Waals surface area contributed by atoms with Gasteiger partial charge in [-0.3, -0.25) is 4.79 Å². The Hall–Kier alpha value is -3.07. The number of tetrazole rings is 1. The normalized spacial score (nSPS) is 11.9. The molecule has 3 rings (SSSR count). The highest BCUT2D eigenvalue weighted by Gasteiger charge is 2.19. The number of thioether (sulfide) groups is 1. The summed E-state index contributed by atoms with van der Waals surface area (Å²) in [5.41, 5.74) is 3.02. The Morgan fingerprint density at radius 3 is 2.42 bits per heavy atom. The molecule has 2 aromatic carbocycles. The van der Waals surface area contributed by atoms with Crippen LogP contribution in [0, 0.1) is 0 Å². The summed E-state index contributed by atoms with van der Waals surface area (Å²) in [6.45, 7) is 6.51. The molecule has 1 unspecified atom stereocenters. The number of carbonyl (C=O) groups excluding carboxylic acids is 1. The maximum absolute atomic E-state index is 12.6. The Labute approximate surface area is 186 Å². The lowest BCUT2D eigenvalue weighted by Gasteiger charge is -2.13. The Balaban J connectivity index is 1.62. The van der Waals surface area contributed by atoms with Crippen molar-refractivity contribution in [2.24, 2.45) is 0 Å². The van der Waals surface area contributed by atoms with Gasteiger partial charge in [-0.2, -0.15) is 4.68 Å². The van der Waals surface area contributed by atoms with Crippen LogP contribution in [-0.4, -0.2) is 45.6 Å². The van der Waals surface area contributed by atoms with Crippen LogP contribution >= 0.6 is 11.8 Å². The molecular formula is C22H27N5O3S. The Bertz CT molecular complexity index is 1020. The van der Waals surface area contributed by atoms with E-state index in [1.807, 2.05) is 37.3 Å². The van der Waals surface area contributed by atoms with Crippen LogP contribution in [0.5, 0.6) is 11.5 Å². The number of hydrogen-bond donors (Lipinski definition) is 1. The fraction of sp³-hybridized carbons (Fsp3) is 0.364. The van der Waals surface area contributed by atoms with Crippen LogP contribution in [0.1, 0.15) is 37.8 Å². The summed E-state index contributed by atoms with van der Waals surface area (Å²) in [6.07, 6.45) is 0. The first-order valence-electron chi connectivity index (χ1n) is 9.97. The predicted molar refractivity (Wildman–Crippen MR) is 120 cm³/mol. The maximum Gasteiger partial charge on any atom is 0.233 e. The number of aromatic nitrogens is 4. The van der Waals surface area contributed by atoms with Gasteiger partial charge in [0, 0.05) is 6.54 Å². The topological polar surface area (TPSA) is 91.2 Å². The van der Waals surface area contributed by atoms with E-state index in [4.69, 9.17) is 9.47 Å². The molecule has 3 aromatic rings. The predicted octanol–water partition coefficient (Wildman–Crippen LogP) is 3.60. The third kappa shape index (κ3) is 5.55. The van der Waals surface area contributed by atoms with Gasteiger partial charge in [0.05, 0.1) is 25.2 Å². The maximum atomic E-state index is 12.6. The van der Waals surface area contributed by atoms with Gasteiger partial charge in [0.2, 0.25) is 11.1 Å². The molecule has 1 heterocycles. The molecule has 1 aromatic heterocycles. The Morgan fingerprint density at radius 2 is 1.77 bits per heavy atom. The SMILES string of the molecule is COc1ccc(CNC(=O)C(C)Sc2nnnn2-c2ccc(C(C)C)cc2)cc1OC. The number of ether oxygens (including phenoxy) is 2. The van der Waals surface area contributed by atoms with Crippen molar-refractivity contribution >= 4 is 17.7 Å². The summed E-state index contributed by atoms with van der Waals surface area (Å²) in [5.74, 6) is 1.62. The number of rotatable bonds is 9. The van der Waals surface area contributed by atoms with E-state index in [2.05, 4.69) is 46.8 Å². The highest BCUT2D eigenvalue weighted by Crippen LogP contribution is 2.28. The number of benzene rings is 2. The minimum absolute atomic E-state index is 0.107. The number of methoxy groups -OCH3 is 2. The number of nitrogens with one attached hydrogen (secondary N) is 1. The summed E-state index contributed by atoms with van der Waals surface area (Å²) >= 11 is 1.31. The molecule has 0 saturated carbocycles. The average Bonchev–Trinajstić information content (AvgIpc) is 3.25. The van der Waals surface area contributed by atoms with E-state index in [0.717, 1.165) is 11.3 Å². The van der Waals surface area contributed by atoms with Crippen molar-refractivity contribution in [3.8, 4) is 17.2 Å². The summed E-state index contributed by atoms with van der Waals surface area (Å²) in [7, 11) is 3.17. The van der Waals surface area contributed by atoms with Gasteiger partial charge in [0.1, 0.15) is 0 Å². The van der Waals surface area contributed by atoms with Gasteiger partial charge >= 0.3 is 0 Å². The standard InChI is InChI=1S/C22H27N5O3S/c1-14(2)17-7-9-18(10-8-17)27-22(24-25-26-27)31-15(3)21(28)23-13-16-6-11-19(29-4)20(12-16)30-5/h6-12,14-15H,13H2,1-5H3,(H,23,28). The second-order valence-electron chi connectivity index (χ2n) is 7.29. The second-order valence-corrected chi connectivity index (χ2v) is 8.59. The van der Waals surface area contributed by atoms with E-state index in [1.165, 1.54) is 17.3 Å². The molecule has 8 nitrogen and oxygen atoms in total. The molecule has 1 N–H and O–H groups in total. The van der Waals surface area contributed by atoms with Crippen molar-refractivity contribution < 1.29 is 14.3 Å². The van der Waals surface area contributed by atoms with Gasteiger partial charge in [-0.15, -0.1) is 5.10 Å². The molecule has 1 amide bonds. The zero-order valence-corrected chi connectivity index (χ0v) is 19.1. The van der Waals surface area contributed by atoms with Crippen LogP contribution in [0.25, 0.3) is 5.69 Å². The first-order valence-corrected chi connectivity index (χ1v) is 10.8. The van der Waals surface area contributed by atoms with E-state index in [1.54, 1.807) is 18.9 Å². The largest absolute Gasteiger partial charge is 0.493 e. The molecule has 0 saturated heterocycles. The van der Waals surface area contributed by atoms with Crippen LogP contribution in [0.2, 0.25) is 0 Å². The van der Waals surface area contributed by atoms with Crippen LogP contribution in [0.3, 0.4) is 0 Å². The zero-order chi connectivity index (χ0) is 22.4. The van der Waals surface area contributed by atoms with Gasteiger partial charge in [0.25, 0.3) is 0 Å². The summed E-state index contributed by atoms with van der Waals surface area (Å²) in [6, 6.07) is 13.6. The number of nitrogens with zero attached hydrogens (tertiary/aromatic N) is 4. The lowest BCUT2D eigenvalue weighted by molar-refractivity contribution is -0.120. The van der Waals surface area contributed by atoms with Crippen LogP contribution < -0.4 is 14.8 Å². The van der Waals surface area contributed by atoms with Crippen molar-refractivity contribution in [1.82, 2.24) is 25.5 Å². The zero-order valence-electron chi connectivity index (χ0n) is 18.3. The van der Waals surface area contributed by atoms with Gasteiger partial charge in [-0.05, 0) is 58.7 Å². The van der Waals surface area contributed by atoms with Gasteiger partial charge in [0.15, 0.2) is 11.5 Å². The van der Waals surface area contributed by atoms with E-state index < -0.39 is 0 Å². The molecule has 164 valence electrons. The van der Waals surface area contributed by atoms with Crippen molar-refractivity contribution in [2.75, 3.05) is 14.2 Å². The molecule has 9 heteroatoms. The van der Waals surface area contributed by atoms with Crippen molar-refractivity contribution in [1.29, 1.82) is 0 Å². The molecule has 0 spiro atoms. The fourth-order valence-corrected chi connectivity index (χ4v) is 3.78. The van der Waals surface area contributed by atoms with Crippen molar-refractivity contribution in [3.63, 3.8) is 0 Å². The number of carbonyl (C=O) groups is 1. The quantitative estimate of drug-likeness (QED) is 0.507. The molecule has 0 fully saturated rings. The Kier molecular flexibility index (Phi) is 7.51. The third-order valence-electron chi connectivity index (χ3n) is 4.81. The van der Waals surface area contributed by atoms with E-state index >= 15 is 0 Å². The van der Waals surface area contributed by atoms with E-state index in [9.17, 15) is 4.79 Å². The molecule has 1 atom stereocenters. The molecule has 0 radical (unpaired) electrons. The van der Waals surface area contributed by atoms with Gasteiger partial charge < -0.3 is 14.8 Å². The van der Waals surface area contributed by atoms with Crippen LogP contribution in [0.15, 0.2) is 47.6 Å². The molecular weight excluding hydrogens is 414 g/mol. The van der Waals surface area contributed by atoms with Crippen LogP contribution in [-0.2, 0) is 11.3 Å². The van der Waals surface area contributed by atoms with E-state index in [0.29, 0.717) is 29.1 Å². The monoisotopic (exact) mass is 441 g/mol. The number of amides is 1. The fourth-order valence-electron chi connectivity index (χ4n) is 2.95. The highest BCUT2D eigenvalue weighted by atomic mass is 32.2. The first kappa shape index (κ1) is 22.6. The van der Waals surface area contributed by atoms with Gasteiger partial charge in [-0.25, -0.2) is 0 Å². The molecule has 0 aliphatic heterocycles. The van der Waals surface area contributed by atoms with Crippen molar-refractivity contribution in [3.05, 3.63) is 53.6 Å². The lowest BCUT2D eigenvalue weighted by atomic mass is 10.0. The first-order chi connectivity index (χ1) is 14.9. The van der Waals surface area contributed by atoms with Crippen LogP contribution in [0.4, 0.5) is 0 Å². The third-order valence-corrected chi connectivity index (χ3v) is 5.84. The average molecular weight is 442 g/mol. The summed E-state index contributed by atoms with van der Waals surface area (Å²) in [4.78, 5) is 12.6. The summed E-state index contributed by atoms with van der Waals surface area (Å²) < 4.78 is 12.2. The Morgan fingerprint density at radius 1 is 1.06 bits per heavy atom. The summed E-state index contributed by atoms with van der Waals surface area (Å²) in [5, 5.41) is 15.1. The highest BCUT2D eigenvalue weighted by molar-refractivity contribution is 8.00. The smallest absolute Gasteiger partial charge is 0.233 e. The second kappa shape index (κ2) is 10.3. The van der Waals surface area contributed by atoms with E-state index in [-0.39, 0.29) is 11.2 Å². The van der Waals surface area contributed by atoms with Gasteiger partial charge in [-0.1, -0.05) is 43.8 Å². The minimum Gasteiger partial charge on any atom is -0.493 e. The van der Waals surface area contributed by atoms with Crippen molar-refractivity contribution in [2.45, 2.75) is 43.6 Å². The molecule has 31 heavy (non-hydrogen) atoms. The molecule has 0 bridgehead atoms. The molecule has 0 aliphatic carbocycles. The number of hydrogen-bond acceptors (Lipinski definition) is 7. The molecule has 0 aliphatic rings.